The highest BCUT2D eigenvalue weighted by Crippen LogP contribution is 2.24. The molecular weight excluding hydrogens is 450 g/mol. The lowest BCUT2D eigenvalue weighted by atomic mass is 9.94. The summed E-state index contributed by atoms with van der Waals surface area (Å²) in [5.74, 6) is 0.530. The summed E-state index contributed by atoms with van der Waals surface area (Å²) < 4.78 is 11.8. The van der Waals surface area contributed by atoms with E-state index in [-0.39, 0.29) is 23.4 Å². The first-order valence-corrected chi connectivity index (χ1v) is 11.8. The van der Waals surface area contributed by atoms with Gasteiger partial charge in [0.2, 0.25) is 11.6 Å². The number of nitrogen functional groups attached to an aromatic ring is 1. The second-order valence-electron chi connectivity index (χ2n) is 8.91. The summed E-state index contributed by atoms with van der Waals surface area (Å²) in [5, 5.41) is 19.7. The smallest absolute Gasteiger partial charge is 0.293 e. The van der Waals surface area contributed by atoms with Crippen LogP contribution in [0.5, 0.6) is 5.75 Å². The Kier molecular flexibility index (Phi) is 7.70. The lowest BCUT2D eigenvalue weighted by Gasteiger charge is -2.31. The molecule has 2 aromatic heterocycles. The van der Waals surface area contributed by atoms with Crippen molar-refractivity contribution in [3.63, 3.8) is 0 Å². The number of nitrogens with one attached hydrogen (secondary N) is 1. The maximum atomic E-state index is 13.0. The Morgan fingerprint density at radius 2 is 2.03 bits per heavy atom. The van der Waals surface area contributed by atoms with E-state index in [2.05, 4.69) is 36.1 Å². The fourth-order valence-corrected chi connectivity index (χ4v) is 4.14. The van der Waals surface area contributed by atoms with Gasteiger partial charge in [0, 0.05) is 12.6 Å². The summed E-state index contributed by atoms with van der Waals surface area (Å²) in [6.45, 7) is 4.36. The van der Waals surface area contributed by atoms with Gasteiger partial charge in [0.05, 0.1) is 18.0 Å². The highest BCUT2D eigenvalue weighted by Gasteiger charge is 2.27. The van der Waals surface area contributed by atoms with Gasteiger partial charge >= 0.3 is 0 Å². The van der Waals surface area contributed by atoms with Crippen LogP contribution in [0.15, 0.2) is 34.0 Å². The van der Waals surface area contributed by atoms with Gasteiger partial charge in [-0.05, 0) is 73.9 Å². The molecule has 0 radical (unpaired) electrons. The van der Waals surface area contributed by atoms with E-state index in [9.17, 15) is 4.79 Å². The number of anilines is 1. The molecule has 1 aliphatic rings. The minimum absolute atomic E-state index is 0.0614. The number of carbonyl (C=O) groups excluding carboxylic acids is 1. The van der Waals surface area contributed by atoms with E-state index in [1.54, 1.807) is 6.21 Å². The van der Waals surface area contributed by atoms with Crippen LogP contribution in [0.4, 0.5) is 5.82 Å². The van der Waals surface area contributed by atoms with Crippen molar-refractivity contribution in [2.75, 3.05) is 12.8 Å². The van der Waals surface area contributed by atoms with Crippen molar-refractivity contribution in [2.45, 2.75) is 64.6 Å². The zero-order valence-corrected chi connectivity index (χ0v) is 20.2. The van der Waals surface area contributed by atoms with Crippen LogP contribution in [-0.4, -0.2) is 61.5 Å². The van der Waals surface area contributed by atoms with Crippen molar-refractivity contribution in [2.24, 2.45) is 5.10 Å². The Hall–Kier alpha value is -3.80. The first-order valence-electron chi connectivity index (χ1n) is 11.8. The molecule has 3 N–H and O–H groups in total. The van der Waals surface area contributed by atoms with Crippen molar-refractivity contribution in [3.05, 3.63) is 41.2 Å². The number of hydrogen-bond donors (Lipinski definition) is 2. The summed E-state index contributed by atoms with van der Waals surface area (Å²) in [6, 6.07) is 7.83. The average Bonchev–Trinajstić information content (AvgIpc) is 3.46. The first kappa shape index (κ1) is 24.3. The van der Waals surface area contributed by atoms with Crippen molar-refractivity contribution >= 4 is 17.9 Å². The van der Waals surface area contributed by atoms with E-state index < -0.39 is 5.91 Å². The van der Waals surface area contributed by atoms with E-state index in [0.29, 0.717) is 18.3 Å². The largest absolute Gasteiger partial charge is 0.491 e. The third-order valence-corrected chi connectivity index (χ3v) is 5.90. The monoisotopic (exact) mass is 481 g/mol. The molecule has 1 saturated carbocycles. The van der Waals surface area contributed by atoms with Crippen molar-refractivity contribution < 1.29 is 14.2 Å². The van der Waals surface area contributed by atoms with Gasteiger partial charge in [-0.15, -0.1) is 5.10 Å². The summed E-state index contributed by atoms with van der Waals surface area (Å²) in [5.41, 5.74) is 9.89. The topological polar surface area (TPSA) is 150 Å². The van der Waals surface area contributed by atoms with Gasteiger partial charge in [-0.25, -0.2) is 10.1 Å². The van der Waals surface area contributed by atoms with Gasteiger partial charge in [0.15, 0.2) is 5.69 Å². The molecule has 1 aromatic carbocycles. The Bertz CT molecular complexity index is 1150. The van der Waals surface area contributed by atoms with E-state index in [1.165, 1.54) is 23.9 Å². The number of hydrogen-bond acceptors (Lipinski definition) is 10. The molecule has 2 heterocycles. The van der Waals surface area contributed by atoms with E-state index in [4.69, 9.17) is 15.1 Å². The third-order valence-electron chi connectivity index (χ3n) is 5.90. The quantitative estimate of drug-likeness (QED) is 0.347. The summed E-state index contributed by atoms with van der Waals surface area (Å²) in [4.78, 5) is 15.2. The second-order valence-corrected chi connectivity index (χ2v) is 8.91. The summed E-state index contributed by atoms with van der Waals surface area (Å²) in [7, 11) is 2.03. The molecule has 1 fully saturated rings. The van der Waals surface area contributed by atoms with Gasteiger partial charge in [0.25, 0.3) is 5.91 Å². The van der Waals surface area contributed by atoms with Crippen molar-refractivity contribution in [1.29, 1.82) is 0 Å². The molecule has 0 aliphatic heterocycles. The minimum atomic E-state index is -0.491. The van der Waals surface area contributed by atoms with E-state index in [1.807, 2.05) is 45.2 Å². The molecule has 0 spiro atoms. The van der Waals surface area contributed by atoms with E-state index in [0.717, 1.165) is 24.2 Å². The molecule has 0 unspecified atom stereocenters. The molecule has 1 amide bonds. The lowest BCUT2D eigenvalue weighted by molar-refractivity contribution is 0.0947. The van der Waals surface area contributed by atoms with Gasteiger partial charge in [-0.3, -0.25) is 9.69 Å². The van der Waals surface area contributed by atoms with Crippen LogP contribution < -0.4 is 15.9 Å². The number of hydrazone groups is 1. The van der Waals surface area contributed by atoms with E-state index >= 15 is 0 Å². The van der Waals surface area contributed by atoms with Crippen molar-refractivity contribution in [3.8, 4) is 11.6 Å². The zero-order valence-electron chi connectivity index (χ0n) is 20.2. The predicted molar refractivity (Wildman–Crippen MR) is 129 cm³/mol. The molecular formula is C23H31N9O3. The van der Waals surface area contributed by atoms with Crippen molar-refractivity contribution in [1.82, 2.24) is 35.6 Å². The van der Waals surface area contributed by atoms with Gasteiger partial charge in [-0.1, -0.05) is 24.5 Å². The standard InChI is InChI=1S/C23H31N9O3/c1-15(2)34-18-11-9-16(10-12-18)13-25-27-23(33)20-19(14-31(3)17-7-5-4-6-8-17)32(30-26-20)22-21(24)28-35-29-22/h9-13,15,17H,4-8,14H2,1-3H3,(H2,24,28)(H,27,33)/b25-13+. The minimum Gasteiger partial charge on any atom is -0.491 e. The number of nitrogens with two attached hydrogens (primary N) is 1. The molecule has 4 rings (SSSR count). The molecule has 186 valence electrons. The van der Waals surface area contributed by atoms with Gasteiger partial charge in [0.1, 0.15) is 5.75 Å². The fourth-order valence-electron chi connectivity index (χ4n) is 4.14. The normalized spacial score (nSPS) is 14.8. The molecule has 35 heavy (non-hydrogen) atoms. The molecule has 0 saturated heterocycles. The zero-order chi connectivity index (χ0) is 24.8. The molecule has 12 nitrogen and oxygen atoms in total. The average molecular weight is 482 g/mol. The third kappa shape index (κ3) is 6.01. The highest BCUT2D eigenvalue weighted by molar-refractivity contribution is 5.94. The van der Waals surface area contributed by atoms with Crippen LogP contribution in [0.25, 0.3) is 5.82 Å². The molecule has 0 atom stereocenters. The number of rotatable bonds is 9. The highest BCUT2D eigenvalue weighted by atomic mass is 16.6. The van der Waals surface area contributed by atoms with Crippen LogP contribution in [0.1, 0.15) is 67.7 Å². The summed E-state index contributed by atoms with van der Waals surface area (Å²) >= 11 is 0. The maximum Gasteiger partial charge on any atom is 0.293 e. The van der Waals surface area contributed by atoms with Crippen LogP contribution in [0.2, 0.25) is 0 Å². The lowest BCUT2D eigenvalue weighted by Crippen LogP contribution is -2.34. The first-order chi connectivity index (χ1) is 16.9. The van der Waals surface area contributed by atoms with Gasteiger partial charge < -0.3 is 10.5 Å². The summed E-state index contributed by atoms with van der Waals surface area (Å²) in [6.07, 6.45) is 7.51. The molecule has 3 aromatic rings. The van der Waals surface area contributed by atoms with Crippen LogP contribution in [-0.2, 0) is 6.54 Å². The Balaban J connectivity index is 1.50. The Morgan fingerprint density at radius 1 is 1.29 bits per heavy atom. The number of benzene rings is 1. The number of ether oxygens (including phenoxy) is 1. The van der Waals surface area contributed by atoms with Gasteiger partial charge in [-0.2, -0.15) is 9.78 Å². The Labute approximate surface area is 203 Å². The fraction of sp³-hybridized carbons (Fsp3) is 0.478. The number of carbonyl (C=O) groups is 1. The SMILES string of the molecule is CC(C)Oc1ccc(/C=N/NC(=O)c2nnn(-c3nonc3N)c2CN(C)C2CCCCC2)cc1. The number of amides is 1. The Morgan fingerprint density at radius 3 is 2.69 bits per heavy atom. The van der Waals surface area contributed by atoms with Crippen LogP contribution in [0.3, 0.4) is 0 Å². The molecule has 12 heteroatoms. The number of aromatic nitrogens is 5. The second kappa shape index (κ2) is 11.1. The van der Waals surface area contributed by atoms with Crippen LogP contribution >= 0.6 is 0 Å². The maximum absolute atomic E-state index is 13.0. The molecule has 0 bridgehead atoms. The molecule has 1 aliphatic carbocycles. The number of nitrogens with zero attached hydrogens (tertiary/aromatic N) is 7. The predicted octanol–water partition coefficient (Wildman–Crippen LogP) is 2.55. The van der Waals surface area contributed by atoms with Crippen LogP contribution in [0, 0.1) is 0 Å².